The summed E-state index contributed by atoms with van der Waals surface area (Å²) in [5.74, 6) is 0.436. The molecular weight excluding hydrogens is 342 g/mol. The van der Waals surface area contributed by atoms with Crippen LogP contribution in [0.1, 0.15) is 24.3 Å². The third kappa shape index (κ3) is 4.56. The number of carbonyl (C=O) groups is 2. The molecule has 0 saturated carbocycles. The molecule has 138 valence electrons. The van der Waals surface area contributed by atoms with Gasteiger partial charge in [0, 0.05) is 37.9 Å². The lowest BCUT2D eigenvalue weighted by Crippen LogP contribution is -2.47. The largest absolute Gasteiger partial charge is 0.472 e. The Morgan fingerprint density at radius 3 is 2.84 bits per heavy atom. The molecule has 3 heterocycles. The maximum Gasteiger partial charge on any atom is 0.243 e. The van der Waals surface area contributed by atoms with Crippen molar-refractivity contribution in [3.63, 3.8) is 0 Å². The second kappa shape index (κ2) is 8.73. The maximum atomic E-state index is 12.6. The van der Waals surface area contributed by atoms with Gasteiger partial charge >= 0.3 is 0 Å². The third-order valence-corrected chi connectivity index (χ3v) is 5.87. The van der Waals surface area contributed by atoms with E-state index in [2.05, 4.69) is 10.2 Å². The van der Waals surface area contributed by atoms with Crippen molar-refractivity contribution >= 4 is 23.6 Å². The summed E-state index contributed by atoms with van der Waals surface area (Å²) in [6.45, 7) is 6.58. The first-order chi connectivity index (χ1) is 12.2. The highest BCUT2D eigenvalue weighted by molar-refractivity contribution is 7.99. The zero-order valence-electron chi connectivity index (χ0n) is 14.5. The van der Waals surface area contributed by atoms with E-state index in [1.54, 1.807) is 29.2 Å². The van der Waals surface area contributed by atoms with Crippen molar-refractivity contribution in [1.29, 1.82) is 0 Å². The minimum Gasteiger partial charge on any atom is -0.472 e. The van der Waals surface area contributed by atoms with Gasteiger partial charge in [-0.1, -0.05) is 0 Å². The van der Waals surface area contributed by atoms with Gasteiger partial charge in [-0.25, -0.2) is 0 Å². The lowest BCUT2D eigenvalue weighted by Gasteiger charge is -2.28. The Balaban J connectivity index is 1.48. The Labute approximate surface area is 152 Å². The summed E-state index contributed by atoms with van der Waals surface area (Å²) in [5, 5.41) is 2.83. The second-order valence-corrected chi connectivity index (χ2v) is 7.40. The number of morpholine rings is 1. The summed E-state index contributed by atoms with van der Waals surface area (Å²) in [4.78, 5) is 28.6. The van der Waals surface area contributed by atoms with Crippen molar-refractivity contribution in [2.75, 3.05) is 45.1 Å². The molecule has 0 bridgehead atoms. The molecule has 2 fully saturated rings. The zero-order chi connectivity index (χ0) is 17.6. The topological polar surface area (TPSA) is 75.0 Å². The lowest BCUT2D eigenvalue weighted by molar-refractivity contribution is -0.138. The Morgan fingerprint density at radius 2 is 2.16 bits per heavy atom. The summed E-state index contributed by atoms with van der Waals surface area (Å²) >= 11 is 1.60. The minimum atomic E-state index is -0.425. The number of nitrogens with one attached hydrogen (secondary N) is 1. The predicted octanol–water partition coefficient (Wildman–Crippen LogP) is 1.08. The molecule has 1 aromatic rings. The second-order valence-electron chi connectivity index (χ2n) is 6.28. The first kappa shape index (κ1) is 18.3. The zero-order valence-corrected chi connectivity index (χ0v) is 15.3. The molecule has 0 spiro atoms. The van der Waals surface area contributed by atoms with Gasteiger partial charge in [0.25, 0.3) is 0 Å². The fourth-order valence-corrected chi connectivity index (χ4v) is 4.68. The normalized spacial score (nSPS) is 24.4. The van der Waals surface area contributed by atoms with Crippen LogP contribution in [0.25, 0.3) is 0 Å². The van der Waals surface area contributed by atoms with Crippen molar-refractivity contribution in [2.45, 2.75) is 24.8 Å². The smallest absolute Gasteiger partial charge is 0.243 e. The molecule has 2 atom stereocenters. The van der Waals surface area contributed by atoms with E-state index < -0.39 is 6.04 Å². The number of furan rings is 1. The summed E-state index contributed by atoms with van der Waals surface area (Å²) in [7, 11) is 0. The van der Waals surface area contributed by atoms with Crippen LogP contribution in [-0.4, -0.2) is 72.8 Å². The number of thioether (sulfide) groups is 1. The third-order valence-electron chi connectivity index (χ3n) is 4.55. The van der Waals surface area contributed by atoms with E-state index in [1.807, 2.05) is 6.07 Å². The Bertz CT molecular complexity index is 574. The van der Waals surface area contributed by atoms with Crippen molar-refractivity contribution in [3.05, 3.63) is 24.2 Å². The van der Waals surface area contributed by atoms with E-state index >= 15 is 0 Å². The highest BCUT2D eigenvalue weighted by atomic mass is 32.2. The van der Waals surface area contributed by atoms with Gasteiger partial charge in [0.1, 0.15) is 11.4 Å². The quantitative estimate of drug-likeness (QED) is 0.759. The van der Waals surface area contributed by atoms with E-state index in [0.717, 1.165) is 44.8 Å². The molecule has 25 heavy (non-hydrogen) atoms. The molecule has 7 nitrogen and oxygen atoms in total. The summed E-state index contributed by atoms with van der Waals surface area (Å²) < 4.78 is 10.5. The lowest BCUT2D eigenvalue weighted by atomic mass is 10.2. The molecule has 2 amide bonds. The predicted molar refractivity (Wildman–Crippen MR) is 95.1 cm³/mol. The average molecular weight is 367 g/mol. The standard InChI is InChI=1S/C17H25N3O4S/c1-13(21)20-15(12-25-17(20)14-3-8-24-11-14)16(22)18-4-2-5-19-6-9-23-10-7-19/h3,8,11,15,17H,2,4-7,9-10,12H2,1H3,(H,18,22). The number of hydrogen-bond donors (Lipinski definition) is 1. The number of nitrogens with zero attached hydrogens (tertiary/aromatic N) is 2. The molecule has 2 saturated heterocycles. The van der Waals surface area contributed by atoms with Gasteiger partial charge in [0.15, 0.2) is 0 Å². The van der Waals surface area contributed by atoms with E-state index in [4.69, 9.17) is 9.15 Å². The SMILES string of the molecule is CC(=O)N1C(C(=O)NCCCN2CCOCC2)CSC1c1ccoc1. The number of rotatable bonds is 6. The molecule has 0 aliphatic carbocycles. The van der Waals surface area contributed by atoms with Gasteiger partial charge in [-0.15, -0.1) is 11.8 Å². The fourth-order valence-electron chi connectivity index (χ4n) is 3.22. The van der Waals surface area contributed by atoms with Crippen LogP contribution in [0.15, 0.2) is 23.0 Å². The first-order valence-corrected chi connectivity index (χ1v) is 9.72. The highest BCUT2D eigenvalue weighted by Gasteiger charge is 2.41. The Kier molecular flexibility index (Phi) is 6.39. The molecular formula is C17H25N3O4S. The van der Waals surface area contributed by atoms with Gasteiger partial charge in [0.05, 0.1) is 25.7 Å². The number of amides is 2. The van der Waals surface area contributed by atoms with Gasteiger partial charge < -0.3 is 19.4 Å². The van der Waals surface area contributed by atoms with Crippen molar-refractivity contribution < 1.29 is 18.7 Å². The van der Waals surface area contributed by atoms with Gasteiger partial charge in [-0.3, -0.25) is 14.5 Å². The van der Waals surface area contributed by atoms with E-state index in [0.29, 0.717) is 12.3 Å². The van der Waals surface area contributed by atoms with Crippen molar-refractivity contribution in [2.24, 2.45) is 0 Å². The molecule has 2 unspecified atom stereocenters. The van der Waals surface area contributed by atoms with Crippen LogP contribution in [0.5, 0.6) is 0 Å². The first-order valence-electron chi connectivity index (χ1n) is 8.67. The van der Waals surface area contributed by atoms with Crippen LogP contribution in [0.4, 0.5) is 0 Å². The maximum absolute atomic E-state index is 12.6. The molecule has 3 rings (SSSR count). The number of hydrogen-bond acceptors (Lipinski definition) is 6. The molecule has 1 aromatic heterocycles. The highest BCUT2D eigenvalue weighted by Crippen LogP contribution is 2.41. The van der Waals surface area contributed by atoms with Gasteiger partial charge in [-0.2, -0.15) is 0 Å². The number of ether oxygens (including phenoxy) is 1. The number of carbonyl (C=O) groups excluding carboxylic acids is 2. The summed E-state index contributed by atoms with van der Waals surface area (Å²) in [6, 6.07) is 1.42. The molecule has 1 N–H and O–H groups in total. The molecule has 0 radical (unpaired) electrons. The van der Waals surface area contributed by atoms with Crippen LogP contribution in [0, 0.1) is 0 Å². The molecule has 2 aliphatic rings. The van der Waals surface area contributed by atoms with Gasteiger partial charge in [-0.05, 0) is 19.0 Å². The van der Waals surface area contributed by atoms with E-state index in [9.17, 15) is 9.59 Å². The monoisotopic (exact) mass is 367 g/mol. The summed E-state index contributed by atoms with van der Waals surface area (Å²) in [5.41, 5.74) is 0.919. The van der Waals surface area contributed by atoms with Crippen molar-refractivity contribution in [1.82, 2.24) is 15.1 Å². The van der Waals surface area contributed by atoms with E-state index in [-0.39, 0.29) is 17.2 Å². The molecule has 2 aliphatic heterocycles. The molecule has 8 heteroatoms. The van der Waals surface area contributed by atoms with Gasteiger partial charge in [0.2, 0.25) is 11.8 Å². The summed E-state index contributed by atoms with van der Waals surface area (Å²) in [6.07, 6.45) is 4.13. The van der Waals surface area contributed by atoms with Crippen LogP contribution in [-0.2, 0) is 14.3 Å². The molecule has 0 aromatic carbocycles. The van der Waals surface area contributed by atoms with Crippen LogP contribution in [0.2, 0.25) is 0 Å². The van der Waals surface area contributed by atoms with Crippen LogP contribution < -0.4 is 5.32 Å². The van der Waals surface area contributed by atoms with Crippen molar-refractivity contribution in [3.8, 4) is 0 Å². The minimum absolute atomic E-state index is 0.0735. The Morgan fingerprint density at radius 1 is 1.36 bits per heavy atom. The fraction of sp³-hybridized carbons (Fsp3) is 0.647. The van der Waals surface area contributed by atoms with Crippen LogP contribution in [0.3, 0.4) is 0 Å². The Hall–Kier alpha value is -1.51. The van der Waals surface area contributed by atoms with Crippen LogP contribution >= 0.6 is 11.8 Å². The average Bonchev–Trinajstić information content (AvgIpc) is 3.28. The van der Waals surface area contributed by atoms with E-state index in [1.165, 1.54) is 6.92 Å².